The van der Waals surface area contributed by atoms with Gasteiger partial charge in [0.25, 0.3) is 0 Å². The van der Waals surface area contributed by atoms with Gasteiger partial charge in [-0.25, -0.2) is 0 Å². The molecule has 0 unspecified atom stereocenters. The van der Waals surface area contributed by atoms with Gasteiger partial charge in [-0.1, -0.05) is 79.8 Å². The maximum atomic E-state index is 2.40. The van der Waals surface area contributed by atoms with Crippen LogP contribution in [0.2, 0.25) is 13.1 Å². The van der Waals surface area contributed by atoms with Crippen molar-refractivity contribution < 1.29 is 0 Å². The van der Waals surface area contributed by atoms with Gasteiger partial charge in [0, 0.05) is 14.3 Å². The number of allylic oxidation sites excluding steroid dienone is 2. The number of hydrogen-bond donors (Lipinski definition) is 0. The molecule has 0 spiro atoms. The molecule has 1 heteroatoms. The van der Waals surface area contributed by atoms with Gasteiger partial charge in [-0.05, 0) is 68.4 Å². The molecule has 3 aromatic rings. The molecule has 0 fully saturated rings. The fraction of sp³-hybridized carbons (Fsp3) is 0.192. The zero-order valence-electron chi connectivity index (χ0n) is 16.4. The van der Waals surface area contributed by atoms with Gasteiger partial charge in [0.2, 0.25) is 0 Å². The molecule has 0 bridgehead atoms. The molecule has 0 radical (unpaired) electrons. The first-order valence-corrected chi connectivity index (χ1v) is 12.3. The van der Waals surface area contributed by atoms with Crippen LogP contribution in [0, 0.1) is 11.7 Å². The minimum atomic E-state index is -0.483. The summed E-state index contributed by atoms with van der Waals surface area (Å²) in [5, 5.41) is 1.40. The van der Waals surface area contributed by atoms with Crippen molar-refractivity contribution in [3.63, 3.8) is 0 Å². The number of rotatable bonds is 1. The molecule has 0 heterocycles. The summed E-state index contributed by atoms with van der Waals surface area (Å²) in [5.74, 6) is 0.341. The Labute approximate surface area is 162 Å². The van der Waals surface area contributed by atoms with Crippen molar-refractivity contribution in [1.82, 2.24) is 0 Å². The smallest absolute Gasteiger partial charge is 0.0361 e. The van der Waals surface area contributed by atoms with E-state index in [2.05, 4.69) is 93.7 Å². The summed E-state index contributed by atoms with van der Waals surface area (Å²) in [6, 6.07) is 22.6. The quantitative estimate of drug-likeness (QED) is 0.467. The number of benzene rings is 3. The zero-order chi connectivity index (χ0) is 18.7. The fourth-order valence-electron chi connectivity index (χ4n) is 5.10. The molecule has 0 aromatic heterocycles. The first-order chi connectivity index (χ1) is 13.1. The Kier molecular flexibility index (Phi) is 3.70. The molecule has 0 N–H and O–H groups in total. The Bertz CT molecular complexity index is 1210. The maximum absolute atomic E-state index is 2.40. The Morgan fingerprint density at radius 2 is 1.33 bits per heavy atom. The highest BCUT2D eigenvalue weighted by Crippen LogP contribution is 2.52. The third-order valence-electron chi connectivity index (χ3n) is 6.22. The highest BCUT2D eigenvalue weighted by atomic mass is 28.2. The molecule has 0 saturated heterocycles. The van der Waals surface area contributed by atoms with Gasteiger partial charge in [0.05, 0.1) is 0 Å². The van der Waals surface area contributed by atoms with E-state index in [1.54, 1.807) is 4.81 Å². The molecule has 132 valence electrons. The zero-order valence-corrected chi connectivity index (χ0v) is 17.4. The molecule has 2 aliphatic rings. The molecule has 0 amide bonds. The summed E-state index contributed by atoms with van der Waals surface area (Å²) in [6.07, 6.45) is 2.39. The lowest BCUT2D eigenvalue weighted by Crippen LogP contribution is -2.12. The second kappa shape index (κ2) is 6.00. The Morgan fingerprint density at radius 1 is 0.741 bits per heavy atom. The van der Waals surface area contributed by atoms with Crippen molar-refractivity contribution in [1.29, 1.82) is 0 Å². The molecule has 0 atom stereocenters. The summed E-state index contributed by atoms with van der Waals surface area (Å²) in [7, 11) is -0.483. The van der Waals surface area contributed by atoms with E-state index in [1.807, 2.05) is 0 Å². The summed E-state index contributed by atoms with van der Waals surface area (Å²) in [5.41, 5.74) is 11.6. The first kappa shape index (κ1) is 16.6. The average Bonchev–Trinajstić information content (AvgIpc) is 3.16. The van der Waals surface area contributed by atoms with Crippen LogP contribution in [0.3, 0.4) is 0 Å². The molecule has 2 aliphatic carbocycles. The minimum Gasteiger partial charge on any atom is -0.0619 e. The largest absolute Gasteiger partial charge is 0.0619 e. The van der Waals surface area contributed by atoms with Gasteiger partial charge < -0.3 is 0 Å². The van der Waals surface area contributed by atoms with E-state index in [9.17, 15) is 0 Å². The minimum absolute atomic E-state index is 0.341. The average molecular weight is 365 g/mol. The van der Waals surface area contributed by atoms with Crippen LogP contribution >= 0.6 is 0 Å². The van der Waals surface area contributed by atoms with Crippen LogP contribution in [-0.2, 0) is 0 Å². The second-order valence-corrected chi connectivity index (χ2v) is 10.6. The van der Waals surface area contributed by atoms with Crippen molar-refractivity contribution in [3.05, 3.63) is 98.5 Å². The van der Waals surface area contributed by atoms with Crippen molar-refractivity contribution in [2.75, 3.05) is 0 Å². The van der Waals surface area contributed by atoms with E-state index in [4.69, 9.17) is 0 Å². The third kappa shape index (κ3) is 2.31. The van der Waals surface area contributed by atoms with Gasteiger partial charge in [-0.2, -0.15) is 0 Å². The Morgan fingerprint density at radius 3 is 1.93 bits per heavy atom. The predicted molar refractivity (Wildman–Crippen MR) is 118 cm³/mol. The molecule has 5 rings (SSSR count). The third-order valence-corrected chi connectivity index (χ3v) is 7.84. The molecule has 0 saturated carbocycles. The molecular weight excluding hydrogens is 340 g/mol. The lowest BCUT2D eigenvalue weighted by atomic mass is 9.83. The normalized spacial score (nSPS) is 14.7. The van der Waals surface area contributed by atoms with Crippen molar-refractivity contribution in [3.8, 4) is 11.1 Å². The second-order valence-electron chi connectivity index (χ2n) is 8.05. The standard InChI is InChI=1S/C26H24Si/c1-16-15-18-13-14-23(27(3)4)17(2)25(18)24(16)26-21-11-7-5-9-19(21)20-10-6-8-12-22(20)26/h5-15,26H,1-4H3. The van der Waals surface area contributed by atoms with Gasteiger partial charge in [0.15, 0.2) is 0 Å². The Hall–Kier alpha value is -2.51. The summed E-state index contributed by atoms with van der Waals surface area (Å²) in [4.78, 5) is 1.57. The predicted octanol–water partition coefficient (Wildman–Crippen LogP) is 5.96. The van der Waals surface area contributed by atoms with Crippen LogP contribution in [0.25, 0.3) is 22.8 Å². The van der Waals surface area contributed by atoms with E-state index < -0.39 is 8.41 Å². The van der Waals surface area contributed by atoms with E-state index in [0.29, 0.717) is 5.92 Å². The van der Waals surface area contributed by atoms with E-state index in [-0.39, 0.29) is 0 Å². The van der Waals surface area contributed by atoms with Crippen LogP contribution in [-0.4, -0.2) is 8.41 Å². The molecule has 0 aliphatic heterocycles. The molecule has 27 heavy (non-hydrogen) atoms. The highest BCUT2D eigenvalue weighted by molar-refractivity contribution is 6.47. The van der Waals surface area contributed by atoms with Crippen LogP contribution in [0.15, 0.2) is 66.2 Å². The maximum Gasteiger partial charge on any atom is 0.0361 e. The molecule has 3 aromatic carbocycles. The van der Waals surface area contributed by atoms with Crippen molar-refractivity contribution in [2.24, 2.45) is 0 Å². The number of fused-ring (bicyclic) bond motifs is 4. The SMILES string of the molecule is CC1=C(C2c3ccccc3-c3ccccc32)c2c(C)c(=[Si](C)C)ccc2=C1. The summed E-state index contributed by atoms with van der Waals surface area (Å²) in [6.45, 7) is 9.43. The Balaban J connectivity index is 1.84. The lowest BCUT2D eigenvalue weighted by molar-refractivity contribution is 1.08. The summed E-state index contributed by atoms with van der Waals surface area (Å²) < 4.78 is 0. The first-order valence-electron chi connectivity index (χ1n) is 9.76. The van der Waals surface area contributed by atoms with E-state index in [1.165, 1.54) is 49.7 Å². The van der Waals surface area contributed by atoms with Gasteiger partial charge in [0.1, 0.15) is 0 Å². The van der Waals surface area contributed by atoms with Crippen molar-refractivity contribution in [2.45, 2.75) is 32.9 Å². The van der Waals surface area contributed by atoms with Gasteiger partial charge >= 0.3 is 0 Å². The van der Waals surface area contributed by atoms with Crippen LogP contribution in [0.4, 0.5) is 0 Å². The van der Waals surface area contributed by atoms with E-state index in [0.717, 1.165) is 0 Å². The van der Waals surface area contributed by atoms with Crippen LogP contribution in [0.1, 0.15) is 35.1 Å². The summed E-state index contributed by atoms with van der Waals surface area (Å²) >= 11 is 0. The van der Waals surface area contributed by atoms with Crippen LogP contribution < -0.4 is 5.22 Å². The number of hydrogen-bond acceptors (Lipinski definition) is 0. The fourth-order valence-corrected chi connectivity index (χ4v) is 6.39. The van der Waals surface area contributed by atoms with Gasteiger partial charge in [-0.15, -0.1) is 0 Å². The topological polar surface area (TPSA) is 0 Å². The van der Waals surface area contributed by atoms with Gasteiger partial charge in [-0.3, -0.25) is 0 Å². The lowest BCUT2D eigenvalue weighted by Gasteiger charge is -2.20. The monoisotopic (exact) mass is 364 g/mol. The van der Waals surface area contributed by atoms with Crippen LogP contribution in [0.5, 0.6) is 0 Å². The van der Waals surface area contributed by atoms with E-state index >= 15 is 0 Å². The van der Waals surface area contributed by atoms with Crippen molar-refractivity contribution >= 4 is 20.1 Å². The highest BCUT2D eigenvalue weighted by Gasteiger charge is 2.34. The molecular formula is C26H24Si. The molecule has 0 nitrogen and oxygen atoms in total.